The fraction of sp³-hybridized carbons (Fsp3) is 1.00. The third kappa shape index (κ3) is 8.48. The van der Waals surface area contributed by atoms with Gasteiger partial charge in [-0.3, -0.25) is 0 Å². The highest BCUT2D eigenvalue weighted by atomic mass is 16.5. The summed E-state index contributed by atoms with van der Waals surface area (Å²) in [6, 6.07) is 0.194. The average molecular weight is 203 g/mol. The van der Waals surface area contributed by atoms with Crippen LogP contribution in [0.5, 0.6) is 0 Å². The molecule has 0 aromatic rings. The van der Waals surface area contributed by atoms with Crippen molar-refractivity contribution in [3.05, 3.63) is 0 Å². The lowest BCUT2D eigenvalue weighted by Crippen LogP contribution is -2.33. The van der Waals surface area contributed by atoms with Gasteiger partial charge in [0.1, 0.15) is 0 Å². The quantitative estimate of drug-likeness (QED) is 0.557. The lowest BCUT2D eigenvalue weighted by molar-refractivity contribution is 0.106. The SMILES string of the molecule is CCNC(CO)CCOCCC(C)C. The molecule has 0 aliphatic rings. The lowest BCUT2D eigenvalue weighted by Gasteiger charge is -2.14. The average Bonchev–Trinajstić information content (AvgIpc) is 2.15. The summed E-state index contributed by atoms with van der Waals surface area (Å²) in [6.45, 7) is 9.10. The number of aliphatic hydroxyl groups is 1. The zero-order valence-electron chi connectivity index (χ0n) is 9.75. The molecule has 0 aliphatic heterocycles. The number of nitrogens with one attached hydrogen (secondary N) is 1. The summed E-state index contributed by atoms with van der Waals surface area (Å²) in [5.41, 5.74) is 0. The van der Waals surface area contributed by atoms with Gasteiger partial charge < -0.3 is 15.2 Å². The van der Waals surface area contributed by atoms with Gasteiger partial charge in [0.25, 0.3) is 0 Å². The molecule has 0 spiro atoms. The van der Waals surface area contributed by atoms with Crippen LogP contribution in [0.15, 0.2) is 0 Å². The second kappa shape index (κ2) is 9.44. The van der Waals surface area contributed by atoms with E-state index in [0.717, 1.165) is 32.6 Å². The van der Waals surface area contributed by atoms with Gasteiger partial charge in [-0.2, -0.15) is 0 Å². The van der Waals surface area contributed by atoms with Crippen molar-refractivity contribution in [2.45, 2.75) is 39.7 Å². The number of rotatable bonds is 9. The third-order valence-corrected chi connectivity index (χ3v) is 2.16. The Labute approximate surface area is 87.8 Å². The van der Waals surface area contributed by atoms with E-state index in [9.17, 15) is 0 Å². The normalized spacial score (nSPS) is 13.5. The summed E-state index contributed by atoms with van der Waals surface area (Å²) in [5, 5.41) is 12.2. The molecule has 2 N–H and O–H groups in total. The smallest absolute Gasteiger partial charge is 0.0585 e. The Kier molecular flexibility index (Phi) is 9.35. The van der Waals surface area contributed by atoms with Crippen molar-refractivity contribution in [3.8, 4) is 0 Å². The highest BCUT2D eigenvalue weighted by Crippen LogP contribution is 2.00. The summed E-state index contributed by atoms with van der Waals surface area (Å²) in [6.07, 6.45) is 2.01. The molecule has 0 radical (unpaired) electrons. The van der Waals surface area contributed by atoms with Crippen molar-refractivity contribution in [3.63, 3.8) is 0 Å². The van der Waals surface area contributed by atoms with Gasteiger partial charge in [0.05, 0.1) is 6.61 Å². The van der Waals surface area contributed by atoms with Gasteiger partial charge in [-0.25, -0.2) is 0 Å². The fourth-order valence-corrected chi connectivity index (χ4v) is 1.19. The Morgan fingerprint density at radius 1 is 1.21 bits per heavy atom. The minimum absolute atomic E-state index is 0.194. The van der Waals surface area contributed by atoms with Crippen molar-refractivity contribution >= 4 is 0 Å². The summed E-state index contributed by atoms with van der Waals surface area (Å²) < 4.78 is 5.47. The van der Waals surface area contributed by atoms with Crippen LogP contribution < -0.4 is 5.32 Å². The predicted molar refractivity (Wildman–Crippen MR) is 59.4 cm³/mol. The van der Waals surface area contributed by atoms with Crippen LogP contribution in [-0.4, -0.2) is 37.5 Å². The van der Waals surface area contributed by atoms with E-state index in [4.69, 9.17) is 9.84 Å². The molecule has 0 saturated carbocycles. The van der Waals surface area contributed by atoms with Gasteiger partial charge in [0.2, 0.25) is 0 Å². The number of hydrogen-bond donors (Lipinski definition) is 2. The first-order valence-electron chi connectivity index (χ1n) is 5.62. The van der Waals surface area contributed by atoms with Gasteiger partial charge in [-0.15, -0.1) is 0 Å². The summed E-state index contributed by atoms with van der Waals surface area (Å²) in [7, 11) is 0. The lowest BCUT2D eigenvalue weighted by atomic mass is 10.1. The maximum absolute atomic E-state index is 8.98. The third-order valence-electron chi connectivity index (χ3n) is 2.16. The highest BCUT2D eigenvalue weighted by Gasteiger charge is 2.04. The van der Waals surface area contributed by atoms with Gasteiger partial charge in [0, 0.05) is 19.3 Å². The van der Waals surface area contributed by atoms with Crippen molar-refractivity contribution in [1.29, 1.82) is 0 Å². The van der Waals surface area contributed by atoms with Gasteiger partial charge in [-0.1, -0.05) is 20.8 Å². The Morgan fingerprint density at radius 2 is 1.86 bits per heavy atom. The van der Waals surface area contributed by atoms with E-state index >= 15 is 0 Å². The van der Waals surface area contributed by atoms with E-state index in [1.54, 1.807) is 0 Å². The molecule has 0 aromatic heterocycles. The largest absolute Gasteiger partial charge is 0.395 e. The zero-order valence-corrected chi connectivity index (χ0v) is 9.75. The molecule has 14 heavy (non-hydrogen) atoms. The Bertz CT molecular complexity index is 118. The zero-order chi connectivity index (χ0) is 10.8. The molecular weight excluding hydrogens is 178 g/mol. The van der Waals surface area contributed by atoms with Crippen molar-refractivity contribution in [1.82, 2.24) is 5.32 Å². The molecule has 86 valence electrons. The van der Waals surface area contributed by atoms with Gasteiger partial charge in [-0.05, 0) is 25.3 Å². The molecule has 0 aromatic carbocycles. The topological polar surface area (TPSA) is 41.5 Å². The molecule has 0 heterocycles. The van der Waals surface area contributed by atoms with Crippen LogP contribution in [0, 0.1) is 5.92 Å². The molecule has 0 fully saturated rings. The van der Waals surface area contributed by atoms with E-state index in [2.05, 4.69) is 19.2 Å². The van der Waals surface area contributed by atoms with Crippen LogP contribution in [0.2, 0.25) is 0 Å². The number of hydrogen-bond acceptors (Lipinski definition) is 3. The van der Waals surface area contributed by atoms with Crippen molar-refractivity contribution in [2.75, 3.05) is 26.4 Å². The van der Waals surface area contributed by atoms with Crippen LogP contribution >= 0.6 is 0 Å². The van der Waals surface area contributed by atoms with Crippen LogP contribution in [0.1, 0.15) is 33.6 Å². The van der Waals surface area contributed by atoms with E-state index < -0.39 is 0 Å². The molecule has 3 heteroatoms. The van der Waals surface area contributed by atoms with Gasteiger partial charge in [0.15, 0.2) is 0 Å². The molecule has 0 rings (SSSR count). The summed E-state index contributed by atoms with van der Waals surface area (Å²) in [4.78, 5) is 0. The first-order valence-corrected chi connectivity index (χ1v) is 5.62. The monoisotopic (exact) mass is 203 g/mol. The standard InChI is InChI=1S/C11H25NO2/c1-4-12-11(9-13)6-8-14-7-5-10(2)3/h10-13H,4-9H2,1-3H3. The summed E-state index contributed by atoms with van der Waals surface area (Å²) >= 11 is 0. The minimum Gasteiger partial charge on any atom is -0.395 e. The molecule has 0 amide bonds. The minimum atomic E-state index is 0.194. The first kappa shape index (κ1) is 13.9. The molecular formula is C11H25NO2. The Hall–Kier alpha value is -0.120. The predicted octanol–water partition coefficient (Wildman–Crippen LogP) is 1.41. The van der Waals surface area contributed by atoms with Gasteiger partial charge >= 0.3 is 0 Å². The highest BCUT2D eigenvalue weighted by molar-refractivity contribution is 4.63. The van der Waals surface area contributed by atoms with E-state index in [1.165, 1.54) is 0 Å². The van der Waals surface area contributed by atoms with E-state index in [-0.39, 0.29) is 12.6 Å². The first-order chi connectivity index (χ1) is 6.70. The second-order valence-electron chi connectivity index (χ2n) is 4.02. The Balaban J connectivity index is 3.24. The van der Waals surface area contributed by atoms with Crippen LogP contribution in [0.4, 0.5) is 0 Å². The molecule has 0 bridgehead atoms. The van der Waals surface area contributed by atoms with E-state index in [1.807, 2.05) is 6.92 Å². The van der Waals surface area contributed by atoms with Crippen molar-refractivity contribution < 1.29 is 9.84 Å². The number of aliphatic hydroxyl groups excluding tert-OH is 1. The number of likely N-dealkylation sites (N-methyl/N-ethyl adjacent to an activating group) is 1. The molecule has 1 atom stereocenters. The molecule has 1 unspecified atom stereocenters. The molecule has 0 aliphatic carbocycles. The van der Waals surface area contributed by atoms with Crippen LogP contribution in [0.3, 0.4) is 0 Å². The number of ether oxygens (including phenoxy) is 1. The molecule has 0 saturated heterocycles. The van der Waals surface area contributed by atoms with Crippen LogP contribution in [0.25, 0.3) is 0 Å². The maximum atomic E-state index is 8.98. The Morgan fingerprint density at radius 3 is 2.36 bits per heavy atom. The van der Waals surface area contributed by atoms with E-state index in [0.29, 0.717) is 5.92 Å². The van der Waals surface area contributed by atoms with Crippen molar-refractivity contribution in [2.24, 2.45) is 5.92 Å². The molecule has 3 nitrogen and oxygen atoms in total. The second-order valence-corrected chi connectivity index (χ2v) is 4.02. The maximum Gasteiger partial charge on any atom is 0.0585 e. The van der Waals surface area contributed by atoms with Crippen LogP contribution in [-0.2, 0) is 4.74 Å². The summed E-state index contributed by atoms with van der Waals surface area (Å²) in [5.74, 6) is 0.706. The fourth-order valence-electron chi connectivity index (χ4n) is 1.19.